The van der Waals surface area contributed by atoms with Gasteiger partial charge in [0.05, 0.1) is 20.7 Å². The van der Waals surface area contributed by atoms with Crippen LogP contribution >= 0.6 is 0 Å². The van der Waals surface area contributed by atoms with Crippen LogP contribution in [-0.2, 0) is 9.53 Å². The SMILES string of the molecule is C=CC#CC[N+](C)(C)CC(=O)OCC.[Br-]. The number of allylic oxidation sites excluding steroid dienone is 1. The standard InChI is InChI=1S/C11H18NO2.BrH/c1-5-7-8-9-12(3,4)10-11(13)14-6-2;/h5H,1,6,9-10H2,2-4H3;1H/q+1;/p-1. The first-order valence-corrected chi connectivity index (χ1v) is 4.58. The molecule has 0 aliphatic carbocycles. The van der Waals surface area contributed by atoms with Crippen molar-refractivity contribution in [2.24, 2.45) is 0 Å². The van der Waals surface area contributed by atoms with Gasteiger partial charge in [0, 0.05) is 0 Å². The maximum absolute atomic E-state index is 11.2. The molecule has 15 heavy (non-hydrogen) atoms. The van der Waals surface area contributed by atoms with Crippen molar-refractivity contribution in [1.29, 1.82) is 0 Å². The Balaban J connectivity index is 0. The van der Waals surface area contributed by atoms with Crippen LogP contribution in [0.4, 0.5) is 0 Å². The second-order valence-corrected chi connectivity index (χ2v) is 3.58. The van der Waals surface area contributed by atoms with Gasteiger partial charge < -0.3 is 26.2 Å². The molecule has 0 rings (SSSR count). The van der Waals surface area contributed by atoms with Crippen molar-refractivity contribution in [3.05, 3.63) is 12.7 Å². The van der Waals surface area contributed by atoms with Crippen molar-refractivity contribution >= 4 is 5.97 Å². The lowest BCUT2D eigenvalue weighted by Crippen LogP contribution is -3.00. The fourth-order valence-corrected chi connectivity index (χ4v) is 0.944. The minimum absolute atomic E-state index is 0. The van der Waals surface area contributed by atoms with E-state index in [4.69, 9.17) is 4.74 Å². The van der Waals surface area contributed by atoms with Crippen molar-refractivity contribution in [2.45, 2.75) is 6.92 Å². The Kier molecular flexibility index (Phi) is 9.44. The van der Waals surface area contributed by atoms with Crippen LogP contribution in [0.25, 0.3) is 0 Å². The van der Waals surface area contributed by atoms with Gasteiger partial charge in [0.25, 0.3) is 0 Å². The van der Waals surface area contributed by atoms with Crippen molar-refractivity contribution in [2.75, 3.05) is 33.8 Å². The van der Waals surface area contributed by atoms with E-state index < -0.39 is 0 Å². The number of hydrogen-bond acceptors (Lipinski definition) is 2. The molecule has 0 radical (unpaired) electrons. The second-order valence-electron chi connectivity index (χ2n) is 3.58. The summed E-state index contributed by atoms with van der Waals surface area (Å²) in [5.74, 6) is 5.49. The fraction of sp³-hybridized carbons (Fsp3) is 0.545. The highest BCUT2D eigenvalue weighted by Gasteiger charge is 2.19. The minimum Gasteiger partial charge on any atom is -1.00 e. The molecule has 0 aliphatic heterocycles. The lowest BCUT2D eigenvalue weighted by molar-refractivity contribution is -0.875. The molecule has 0 aromatic rings. The van der Waals surface area contributed by atoms with Crippen LogP contribution in [0, 0.1) is 11.8 Å². The summed E-state index contributed by atoms with van der Waals surface area (Å²) < 4.78 is 5.37. The lowest BCUT2D eigenvalue weighted by atomic mass is 10.4. The average Bonchev–Trinajstić information content (AvgIpc) is 2.03. The van der Waals surface area contributed by atoms with Gasteiger partial charge in [-0.3, -0.25) is 0 Å². The van der Waals surface area contributed by atoms with Crippen LogP contribution in [-0.4, -0.2) is 44.2 Å². The topological polar surface area (TPSA) is 26.3 Å². The van der Waals surface area contributed by atoms with Gasteiger partial charge >= 0.3 is 5.97 Å². The zero-order valence-corrected chi connectivity index (χ0v) is 11.1. The Hall–Kier alpha value is -0.790. The first kappa shape index (κ1) is 16.6. The number of likely N-dealkylation sites (N-methyl/N-ethyl adjacent to an activating group) is 1. The van der Waals surface area contributed by atoms with Crippen molar-refractivity contribution in [1.82, 2.24) is 0 Å². The van der Waals surface area contributed by atoms with Crippen LogP contribution in [0.5, 0.6) is 0 Å². The molecule has 0 saturated heterocycles. The molecule has 4 heteroatoms. The van der Waals surface area contributed by atoms with E-state index in [0.29, 0.717) is 24.2 Å². The first-order valence-electron chi connectivity index (χ1n) is 4.58. The van der Waals surface area contributed by atoms with Crippen LogP contribution in [0.3, 0.4) is 0 Å². The van der Waals surface area contributed by atoms with Gasteiger partial charge in [0.1, 0.15) is 6.54 Å². The van der Waals surface area contributed by atoms with E-state index in [1.807, 2.05) is 14.1 Å². The monoisotopic (exact) mass is 275 g/mol. The molecule has 3 nitrogen and oxygen atoms in total. The molecular weight excluding hydrogens is 258 g/mol. The predicted molar refractivity (Wildman–Crippen MR) is 56.4 cm³/mol. The van der Waals surface area contributed by atoms with Gasteiger partial charge in [-0.15, -0.1) is 0 Å². The molecule has 0 aromatic heterocycles. The highest BCUT2D eigenvalue weighted by atomic mass is 79.9. The Morgan fingerprint density at radius 2 is 2.13 bits per heavy atom. The smallest absolute Gasteiger partial charge is 0.361 e. The molecule has 0 heterocycles. The molecule has 0 bridgehead atoms. The van der Waals surface area contributed by atoms with Gasteiger partial charge in [-0.1, -0.05) is 12.5 Å². The summed E-state index contributed by atoms with van der Waals surface area (Å²) in [6.07, 6.45) is 1.55. The Morgan fingerprint density at radius 3 is 2.60 bits per heavy atom. The van der Waals surface area contributed by atoms with E-state index in [1.54, 1.807) is 13.0 Å². The van der Waals surface area contributed by atoms with E-state index in [9.17, 15) is 4.79 Å². The number of esters is 1. The van der Waals surface area contributed by atoms with Gasteiger partial charge in [-0.05, 0) is 18.9 Å². The number of rotatable bonds is 4. The molecule has 86 valence electrons. The number of carbonyl (C=O) groups is 1. The normalized spacial score (nSPS) is 9.27. The summed E-state index contributed by atoms with van der Waals surface area (Å²) in [7, 11) is 3.88. The Labute approximate surface area is 102 Å². The minimum atomic E-state index is -0.182. The zero-order valence-electron chi connectivity index (χ0n) is 9.55. The summed E-state index contributed by atoms with van der Waals surface area (Å²) in [5.41, 5.74) is 0. The van der Waals surface area contributed by atoms with E-state index >= 15 is 0 Å². The maximum atomic E-state index is 11.2. The molecular formula is C11H18BrNO2. The fourth-order valence-electron chi connectivity index (χ4n) is 0.944. The van der Waals surface area contributed by atoms with Crippen LogP contribution in [0.15, 0.2) is 12.7 Å². The number of quaternary nitrogens is 1. The van der Waals surface area contributed by atoms with Crippen LogP contribution in [0.1, 0.15) is 6.92 Å². The first-order chi connectivity index (χ1) is 6.52. The highest BCUT2D eigenvalue weighted by molar-refractivity contribution is 5.70. The molecule has 0 unspecified atom stereocenters. The van der Waals surface area contributed by atoms with E-state index in [-0.39, 0.29) is 23.0 Å². The number of carbonyl (C=O) groups excluding carboxylic acids is 1. The largest absolute Gasteiger partial charge is 1.00 e. The van der Waals surface area contributed by atoms with Crippen LogP contribution in [0.2, 0.25) is 0 Å². The van der Waals surface area contributed by atoms with Gasteiger partial charge in [0.15, 0.2) is 6.54 Å². The second kappa shape index (κ2) is 8.51. The quantitative estimate of drug-likeness (QED) is 0.331. The van der Waals surface area contributed by atoms with Gasteiger partial charge in [-0.25, -0.2) is 4.79 Å². The number of nitrogens with zero attached hydrogens (tertiary/aromatic N) is 1. The van der Waals surface area contributed by atoms with Crippen molar-refractivity contribution in [3.63, 3.8) is 0 Å². The zero-order chi connectivity index (χ0) is 11.0. The summed E-state index contributed by atoms with van der Waals surface area (Å²) in [4.78, 5) is 11.2. The summed E-state index contributed by atoms with van der Waals surface area (Å²) in [6.45, 7) is 6.69. The predicted octanol–water partition coefficient (Wildman–Crippen LogP) is -2.18. The third-order valence-electron chi connectivity index (χ3n) is 1.57. The van der Waals surface area contributed by atoms with E-state index in [0.717, 1.165) is 0 Å². The third-order valence-corrected chi connectivity index (χ3v) is 1.57. The summed E-state index contributed by atoms with van der Waals surface area (Å²) >= 11 is 0. The molecule has 0 atom stereocenters. The third kappa shape index (κ3) is 9.51. The Morgan fingerprint density at radius 1 is 1.53 bits per heavy atom. The Bertz CT molecular complexity index is 263. The van der Waals surface area contributed by atoms with Crippen molar-refractivity contribution in [3.8, 4) is 11.8 Å². The molecule has 0 saturated carbocycles. The lowest BCUT2D eigenvalue weighted by Gasteiger charge is -2.25. The average molecular weight is 276 g/mol. The van der Waals surface area contributed by atoms with Crippen LogP contribution < -0.4 is 17.0 Å². The van der Waals surface area contributed by atoms with Crippen molar-refractivity contribution < 1.29 is 31.0 Å². The molecule has 0 aliphatic rings. The van der Waals surface area contributed by atoms with E-state index in [1.165, 1.54) is 0 Å². The number of hydrogen-bond donors (Lipinski definition) is 0. The molecule has 0 N–H and O–H groups in total. The van der Waals surface area contributed by atoms with Gasteiger partial charge in [-0.2, -0.15) is 0 Å². The number of ether oxygens (including phenoxy) is 1. The summed E-state index contributed by atoms with van der Waals surface area (Å²) in [6, 6.07) is 0. The van der Waals surface area contributed by atoms with Gasteiger partial charge in [0.2, 0.25) is 0 Å². The molecule has 0 spiro atoms. The molecule has 0 amide bonds. The maximum Gasteiger partial charge on any atom is 0.361 e. The number of halogens is 1. The van der Waals surface area contributed by atoms with E-state index in [2.05, 4.69) is 18.4 Å². The molecule has 0 aromatic carbocycles. The molecule has 0 fully saturated rings. The highest BCUT2D eigenvalue weighted by Crippen LogP contribution is 1.96. The summed E-state index contributed by atoms with van der Waals surface area (Å²) in [5, 5.41) is 0.